The van der Waals surface area contributed by atoms with E-state index < -0.39 is 5.60 Å². The van der Waals surface area contributed by atoms with Crippen LogP contribution in [0.4, 0.5) is 0 Å². The van der Waals surface area contributed by atoms with Crippen LogP contribution in [0, 0.1) is 0 Å². The summed E-state index contributed by atoms with van der Waals surface area (Å²) in [5.41, 5.74) is 3.41. The van der Waals surface area contributed by atoms with Gasteiger partial charge in [-0.2, -0.15) is 0 Å². The van der Waals surface area contributed by atoms with Gasteiger partial charge < -0.3 is 15.0 Å². The fraction of sp³-hybridized carbons (Fsp3) is 0.357. The summed E-state index contributed by atoms with van der Waals surface area (Å²) in [7, 11) is 1.85. The van der Waals surface area contributed by atoms with E-state index in [-0.39, 0.29) is 24.8 Å². The zero-order valence-corrected chi connectivity index (χ0v) is 21.0. The van der Waals surface area contributed by atoms with Gasteiger partial charge in [-0.25, -0.2) is 0 Å². The number of rotatable bonds is 9. The highest BCUT2D eigenvalue weighted by atomic mass is 35.5. The molecule has 178 valence electrons. The van der Waals surface area contributed by atoms with Gasteiger partial charge in [0, 0.05) is 39.2 Å². The quantitative estimate of drug-likeness (QED) is 0.418. The summed E-state index contributed by atoms with van der Waals surface area (Å²) in [5.74, 6) is 0. The molecule has 3 nitrogen and oxygen atoms in total. The van der Waals surface area contributed by atoms with Crippen molar-refractivity contribution in [2.45, 2.75) is 30.9 Å². The molecule has 5 heteroatoms. The molecule has 0 spiro atoms. The average molecular weight is 488 g/mol. The number of aryl methyl sites for hydroxylation is 1. The Morgan fingerprint density at radius 1 is 0.848 bits per heavy atom. The molecule has 1 aliphatic rings. The number of hydrogen-bond acceptors (Lipinski definition) is 3. The molecule has 0 radical (unpaired) electrons. The molecule has 1 unspecified atom stereocenters. The Kier molecular flexibility index (Phi) is 11.4. The van der Waals surface area contributed by atoms with Gasteiger partial charge in [0.2, 0.25) is 0 Å². The van der Waals surface area contributed by atoms with Crippen LogP contribution in [0.5, 0.6) is 0 Å². The molecule has 0 amide bonds. The van der Waals surface area contributed by atoms with Crippen LogP contribution in [0.1, 0.15) is 29.5 Å². The minimum absolute atomic E-state index is 0. The second-order valence-corrected chi connectivity index (χ2v) is 8.51. The van der Waals surface area contributed by atoms with Crippen LogP contribution < -0.4 is 5.32 Å². The summed E-state index contributed by atoms with van der Waals surface area (Å²) >= 11 is 0. The van der Waals surface area contributed by atoms with Crippen molar-refractivity contribution in [3.8, 4) is 0 Å². The Morgan fingerprint density at radius 3 is 1.94 bits per heavy atom. The Morgan fingerprint density at radius 2 is 1.39 bits per heavy atom. The topological polar surface area (TPSA) is 24.5 Å². The van der Waals surface area contributed by atoms with Gasteiger partial charge in [-0.15, -0.1) is 24.8 Å². The molecule has 33 heavy (non-hydrogen) atoms. The second kappa shape index (κ2) is 13.7. The largest absolute Gasteiger partial charge is 0.369 e. The monoisotopic (exact) mass is 486 g/mol. The molecule has 1 aliphatic heterocycles. The molecule has 1 fully saturated rings. The first-order valence-electron chi connectivity index (χ1n) is 11.5. The maximum atomic E-state index is 6.33. The second-order valence-electron chi connectivity index (χ2n) is 8.51. The molecule has 0 aromatic heterocycles. The third kappa shape index (κ3) is 7.05. The van der Waals surface area contributed by atoms with Crippen LogP contribution >= 0.6 is 24.8 Å². The van der Waals surface area contributed by atoms with Crippen molar-refractivity contribution in [3.05, 3.63) is 108 Å². The number of benzene rings is 3. The average Bonchev–Trinajstić information content (AvgIpc) is 2.85. The molecule has 3 aromatic carbocycles. The number of nitrogens with one attached hydrogen (secondary N) is 1. The van der Waals surface area contributed by atoms with Crippen LogP contribution in [0.2, 0.25) is 0 Å². The van der Waals surface area contributed by atoms with Gasteiger partial charge >= 0.3 is 0 Å². The van der Waals surface area contributed by atoms with Gasteiger partial charge in [-0.05, 0) is 36.1 Å². The van der Waals surface area contributed by atoms with Crippen molar-refractivity contribution in [2.75, 3.05) is 33.3 Å². The molecule has 0 saturated carbocycles. The zero-order chi connectivity index (χ0) is 21.4. The summed E-state index contributed by atoms with van der Waals surface area (Å²) in [6.45, 7) is 4.34. The first-order valence-corrected chi connectivity index (χ1v) is 11.5. The molecular weight excluding hydrogens is 451 g/mol. The van der Waals surface area contributed by atoms with Crippen molar-refractivity contribution >= 4 is 24.8 Å². The lowest BCUT2D eigenvalue weighted by Crippen LogP contribution is -2.53. The SMILES string of the molecule is COC(CC1CN(CCCc2ccccc2)CCN1)(c1ccccc1)c1ccccc1.Cl.Cl. The first-order chi connectivity index (χ1) is 15.3. The number of halogens is 2. The number of methoxy groups -OCH3 is 1. The summed E-state index contributed by atoms with van der Waals surface area (Å²) in [5, 5.41) is 3.76. The van der Waals surface area contributed by atoms with E-state index in [0.29, 0.717) is 6.04 Å². The first kappa shape index (κ1) is 27.4. The van der Waals surface area contributed by atoms with Gasteiger partial charge in [0.05, 0.1) is 0 Å². The number of piperazine rings is 1. The maximum absolute atomic E-state index is 6.33. The van der Waals surface area contributed by atoms with Crippen LogP contribution in [-0.4, -0.2) is 44.2 Å². The van der Waals surface area contributed by atoms with E-state index in [4.69, 9.17) is 4.74 Å². The van der Waals surface area contributed by atoms with Crippen molar-refractivity contribution in [1.82, 2.24) is 10.2 Å². The summed E-state index contributed by atoms with van der Waals surface area (Å²) in [6.07, 6.45) is 3.25. The minimum atomic E-state index is -0.451. The summed E-state index contributed by atoms with van der Waals surface area (Å²) in [4.78, 5) is 2.61. The number of nitrogens with zero attached hydrogens (tertiary/aromatic N) is 1. The van der Waals surface area contributed by atoms with Gasteiger partial charge in [-0.1, -0.05) is 91.0 Å². The van der Waals surface area contributed by atoms with Gasteiger partial charge in [0.15, 0.2) is 0 Å². The number of ether oxygens (including phenoxy) is 1. The fourth-order valence-electron chi connectivity index (χ4n) is 4.87. The normalized spacial score (nSPS) is 16.5. The van der Waals surface area contributed by atoms with Gasteiger partial charge in [-0.3, -0.25) is 0 Å². The van der Waals surface area contributed by atoms with Crippen LogP contribution in [-0.2, 0) is 16.8 Å². The van der Waals surface area contributed by atoms with Crippen molar-refractivity contribution in [3.63, 3.8) is 0 Å². The van der Waals surface area contributed by atoms with E-state index in [0.717, 1.165) is 39.0 Å². The third-order valence-corrected chi connectivity index (χ3v) is 6.48. The van der Waals surface area contributed by atoms with E-state index >= 15 is 0 Å². The van der Waals surface area contributed by atoms with E-state index in [1.165, 1.54) is 23.1 Å². The molecule has 4 rings (SSSR count). The van der Waals surface area contributed by atoms with E-state index in [1.54, 1.807) is 0 Å². The zero-order valence-electron chi connectivity index (χ0n) is 19.4. The Hall–Kier alpha value is -1.88. The highest BCUT2D eigenvalue weighted by Crippen LogP contribution is 2.38. The van der Waals surface area contributed by atoms with E-state index in [2.05, 4.69) is 101 Å². The lowest BCUT2D eigenvalue weighted by atomic mass is 9.80. The van der Waals surface area contributed by atoms with Crippen LogP contribution in [0.3, 0.4) is 0 Å². The molecule has 1 heterocycles. The third-order valence-electron chi connectivity index (χ3n) is 6.48. The maximum Gasteiger partial charge on any atom is 0.119 e. The predicted molar refractivity (Wildman–Crippen MR) is 143 cm³/mol. The standard InChI is InChI=1S/C28H34N2O.2ClH/c1-31-28(25-15-7-3-8-16-25,26-17-9-4-10-18-26)22-27-23-30(21-19-29-27)20-11-14-24-12-5-2-6-13-24;;/h2-10,12-13,15-18,27,29H,11,14,19-23H2,1H3;2*1H. The molecule has 1 N–H and O–H groups in total. The van der Waals surface area contributed by atoms with E-state index in [9.17, 15) is 0 Å². The Labute approximate surface area is 211 Å². The highest BCUT2D eigenvalue weighted by molar-refractivity contribution is 5.85. The lowest BCUT2D eigenvalue weighted by Gasteiger charge is -2.41. The summed E-state index contributed by atoms with van der Waals surface area (Å²) in [6, 6.07) is 32.5. The molecule has 1 saturated heterocycles. The van der Waals surface area contributed by atoms with E-state index in [1.807, 2.05) is 7.11 Å². The van der Waals surface area contributed by atoms with Crippen molar-refractivity contribution < 1.29 is 4.74 Å². The molecular formula is C28H36Cl2N2O. The molecule has 1 atom stereocenters. The van der Waals surface area contributed by atoms with Crippen molar-refractivity contribution in [1.29, 1.82) is 0 Å². The van der Waals surface area contributed by atoms with Crippen LogP contribution in [0.25, 0.3) is 0 Å². The lowest BCUT2D eigenvalue weighted by molar-refractivity contribution is -0.000920. The molecule has 0 aliphatic carbocycles. The van der Waals surface area contributed by atoms with Gasteiger partial charge in [0.25, 0.3) is 0 Å². The summed E-state index contributed by atoms with van der Waals surface area (Å²) < 4.78 is 6.33. The Balaban J connectivity index is 0.00000193. The van der Waals surface area contributed by atoms with Gasteiger partial charge in [0.1, 0.15) is 5.60 Å². The Bertz CT molecular complexity index is 869. The smallest absolute Gasteiger partial charge is 0.119 e. The predicted octanol–water partition coefficient (Wildman–Crippen LogP) is 5.72. The number of hydrogen-bond donors (Lipinski definition) is 1. The fourth-order valence-corrected chi connectivity index (χ4v) is 4.87. The minimum Gasteiger partial charge on any atom is -0.369 e. The molecule has 0 bridgehead atoms. The van der Waals surface area contributed by atoms with Crippen molar-refractivity contribution in [2.24, 2.45) is 0 Å². The van der Waals surface area contributed by atoms with Crippen LogP contribution in [0.15, 0.2) is 91.0 Å². The highest BCUT2D eigenvalue weighted by Gasteiger charge is 2.37. The molecule has 3 aromatic rings.